The molecule has 2 rings (SSSR count). The molecule has 1 heterocycles. The molecule has 0 aliphatic carbocycles. The average Bonchev–Trinajstić information content (AvgIpc) is 2.84. The van der Waals surface area contributed by atoms with Crippen LogP contribution in [0.3, 0.4) is 0 Å². The Hall–Kier alpha value is -1.32. The summed E-state index contributed by atoms with van der Waals surface area (Å²) in [5.41, 5.74) is 2.29. The van der Waals surface area contributed by atoms with Crippen LogP contribution in [0.4, 0.5) is 0 Å². The molecule has 0 saturated carbocycles. The molecule has 0 atom stereocenters. The Morgan fingerprint density at radius 2 is 2.05 bits per heavy atom. The van der Waals surface area contributed by atoms with Crippen LogP contribution in [0.15, 0.2) is 28.7 Å². The summed E-state index contributed by atoms with van der Waals surface area (Å²) in [6.45, 7) is 10.0. The number of furan rings is 1. The molecule has 1 N–H and O–H groups in total. The van der Waals surface area contributed by atoms with E-state index in [9.17, 15) is 0 Å². The van der Waals surface area contributed by atoms with Crippen LogP contribution >= 0.6 is 0 Å². The Labute approximate surface area is 127 Å². The van der Waals surface area contributed by atoms with Gasteiger partial charge in [-0.05, 0) is 24.9 Å². The van der Waals surface area contributed by atoms with Gasteiger partial charge >= 0.3 is 0 Å². The second-order valence-corrected chi connectivity index (χ2v) is 5.85. The molecule has 0 bridgehead atoms. The summed E-state index contributed by atoms with van der Waals surface area (Å²) in [5, 5.41) is 4.74. The lowest BCUT2D eigenvalue weighted by molar-refractivity contribution is 0.108. The highest BCUT2D eigenvalue weighted by atomic mass is 16.5. The third-order valence-corrected chi connectivity index (χ3v) is 3.50. The number of nitrogens with one attached hydrogen (secondary N) is 1. The highest BCUT2D eigenvalue weighted by molar-refractivity contribution is 5.82. The standard InChI is InChI=1S/C18H27NO2/c1-4-17-16(15-8-5-6-9-18(15)21-17)12-19-10-7-11-20-13-14(2)3/h5-6,8-9,14,19H,4,7,10-13H2,1-3H3. The quantitative estimate of drug-likeness (QED) is 0.704. The second kappa shape index (κ2) is 8.20. The molecule has 0 aliphatic rings. The van der Waals surface area contributed by atoms with Crippen LogP contribution in [0, 0.1) is 5.92 Å². The van der Waals surface area contributed by atoms with Gasteiger partial charge in [-0.1, -0.05) is 39.0 Å². The topological polar surface area (TPSA) is 34.4 Å². The predicted molar refractivity (Wildman–Crippen MR) is 87.6 cm³/mol. The Morgan fingerprint density at radius 3 is 2.81 bits per heavy atom. The van der Waals surface area contributed by atoms with Gasteiger partial charge in [0.2, 0.25) is 0 Å². The van der Waals surface area contributed by atoms with E-state index in [1.54, 1.807) is 0 Å². The van der Waals surface area contributed by atoms with Crippen LogP contribution in [0.2, 0.25) is 0 Å². The number of hydrogen-bond donors (Lipinski definition) is 1. The third kappa shape index (κ3) is 4.58. The minimum atomic E-state index is 0.613. The number of hydrogen-bond acceptors (Lipinski definition) is 3. The van der Waals surface area contributed by atoms with Crippen LogP contribution < -0.4 is 5.32 Å². The van der Waals surface area contributed by atoms with Gasteiger partial charge in [-0.2, -0.15) is 0 Å². The highest BCUT2D eigenvalue weighted by Gasteiger charge is 2.11. The monoisotopic (exact) mass is 289 g/mol. The Morgan fingerprint density at radius 1 is 1.24 bits per heavy atom. The Balaban J connectivity index is 1.80. The maximum absolute atomic E-state index is 5.91. The zero-order chi connectivity index (χ0) is 15.1. The number of rotatable bonds is 9. The number of para-hydroxylation sites is 1. The summed E-state index contributed by atoms with van der Waals surface area (Å²) in [6, 6.07) is 8.27. The SMILES string of the molecule is CCc1oc2ccccc2c1CNCCCOCC(C)C. The third-order valence-electron chi connectivity index (χ3n) is 3.50. The van der Waals surface area contributed by atoms with Crippen LogP contribution in [0.25, 0.3) is 11.0 Å². The van der Waals surface area contributed by atoms with E-state index in [4.69, 9.17) is 9.15 Å². The van der Waals surface area contributed by atoms with Gasteiger partial charge in [0.05, 0.1) is 0 Å². The number of aryl methyl sites for hydroxylation is 1. The summed E-state index contributed by atoms with van der Waals surface area (Å²) in [5.74, 6) is 1.71. The first kappa shape index (κ1) is 16.1. The highest BCUT2D eigenvalue weighted by Crippen LogP contribution is 2.26. The molecule has 0 fully saturated rings. The minimum absolute atomic E-state index is 0.613. The molecule has 21 heavy (non-hydrogen) atoms. The molecule has 0 spiro atoms. The minimum Gasteiger partial charge on any atom is -0.461 e. The largest absolute Gasteiger partial charge is 0.461 e. The number of benzene rings is 1. The fourth-order valence-electron chi connectivity index (χ4n) is 2.46. The molecule has 3 nitrogen and oxygen atoms in total. The van der Waals surface area contributed by atoms with Gasteiger partial charge in [0.15, 0.2) is 0 Å². The number of ether oxygens (including phenoxy) is 1. The van der Waals surface area contributed by atoms with Crippen LogP contribution in [-0.2, 0) is 17.7 Å². The van der Waals surface area contributed by atoms with E-state index >= 15 is 0 Å². The maximum Gasteiger partial charge on any atom is 0.134 e. The summed E-state index contributed by atoms with van der Waals surface area (Å²) in [7, 11) is 0. The molecule has 0 saturated heterocycles. The van der Waals surface area contributed by atoms with E-state index in [-0.39, 0.29) is 0 Å². The van der Waals surface area contributed by atoms with E-state index in [0.29, 0.717) is 5.92 Å². The normalized spacial score (nSPS) is 11.6. The Kier molecular flexibility index (Phi) is 6.27. The van der Waals surface area contributed by atoms with Crippen molar-refractivity contribution in [3.63, 3.8) is 0 Å². The zero-order valence-electron chi connectivity index (χ0n) is 13.4. The first-order chi connectivity index (χ1) is 10.2. The molecule has 1 aromatic carbocycles. The van der Waals surface area contributed by atoms with Gasteiger partial charge in [0.1, 0.15) is 11.3 Å². The number of fused-ring (bicyclic) bond motifs is 1. The lowest BCUT2D eigenvalue weighted by atomic mass is 10.1. The van der Waals surface area contributed by atoms with E-state index in [0.717, 1.165) is 50.5 Å². The summed E-state index contributed by atoms with van der Waals surface area (Å²) >= 11 is 0. The van der Waals surface area contributed by atoms with Gasteiger partial charge < -0.3 is 14.5 Å². The molecule has 1 aromatic heterocycles. The van der Waals surface area contributed by atoms with Gasteiger partial charge in [0.25, 0.3) is 0 Å². The van der Waals surface area contributed by atoms with Gasteiger partial charge in [-0.25, -0.2) is 0 Å². The maximum atomic E-state index is 5.91. The first-order valence-electron chi connectivity index (χ1n) is 8.00. The summed E-state index contributed by atoms with van der Waals surface area (Å²) in [4.78, 5) is 0. The van der Waals surface area contributed by atoms with E-state index in [1.807, 2.05) is 12.1 Å². The average molecular weight is 289 g/mol. The van der Waals surface area contributed by atoms with Crippen molar-refractivity contribution >= 4 is 11.0 Å². The van der Waals surface area contributed by atoms with Gasteiger partial charge in [-0.15, -0.1) is 0 Å². The zero-order valence-corrected chi connectivity index (χ0v) is 13.4. The van der Waals surface area contributed by atoms with E-state index in [1.165, 1.54) is 10.9 Å². The van der Waals surface area contributed by atoms with Crippen molar-refractivity contribution < 1.29 is 9.15 Å². The van der Waals surface area contributed by atoms with Crippen molar-refractivity contribution in [2.24, 2.45) is 5.92 Å². The fraction of sp³-hybridized carbons (Fsp3) is 0.556. The summed E-state index contributed by atoms with van der Waals surface area (Å²) < 4.78 is 11.5. The van der Waals surface area contributed by atoms with Gasteiger partial charge in [0, 0.05) is 37.1 Å². The fourth-order valence-corrected chi connectivity index (χ4v) is 2.46. The van der Waals surface area contributed by atoms with E-state index < -0.39 is 0 Å². The van der Waals surface area contributed by atoms with Crippen LogP contribution in [-0.4, -0.2) is 19.8 Å². The van der Waals surface area contributed by atoms with Crippen molar-refractivity contribution in [3.05, 3.63) is 35.6 Å². The molecule has 0 amide bonds. The van der Waals surface area contributed by atoms with Crippen LogP contribution in [0.5, 0.6) is 0 Å². The molecule has 0 unspecified atom stereocenters. The molecule has 0 radical (unpaired) electrons. The van der Waals surface area contributed by atoms with Crippen LogP contribution in [0.1, 0.15) is 38.5 Å². The molecular formula is C18H27NO2. The summed E-state index contributed by atoms with van der Waals surface area (Å²) in [6.07, 6.45) is 1.98. The van der Waals surface area contributed by atoms with E-state index in [2.05, 4.69) is 38.2 Å². The lowest BCUT2D eigenvalue weighted by Gasteiger charge is -2.08. The van der Waals surface area contributed by atoms with Crippen molar-refractivity contribution in [1.29, 1.82) is 0 Å². The van der Waals surface area contributed by atoms with Gasteiger partial charge in [-0.3, -0.25) is 0 Å². The smallest absolute Gasteiger partial charge is 0.134 e. The van der Waals surface area contributed by atoms with Crippen molar-refractivity contribution in [2.75, 3.05) is 19.8 Å². The lowest BCUT2D eigenvalue weighted by Crippen LogP contribution is -2.17. The first-order valence-corrected chi connectivity index (χ1v) is 8.00. The Bertz CT molecular complexity index is 545. The predicted octanol–water partition coefficient (Wildman–Crippen LogP) is 4.15. The molecule has 116 valence electrons. The molecule has 3 heteroatoms. The molecule has 0 aliphatic heterocycles. The van der Waals surface area contributed by atoms with Crippen molar-refractivity contribution in [3.8, 4) is 0 Å². The molecular weight excluding hydrogens is 262 g/mol. The van der Waals surface area contributed by atoms with Crippen molar-refractivity contribution in [1.82, 2.24) is 5.32 Å². The molecule has 2 aromatic rings. The second-order valence-electron chi connectivity index (χ2n) is 5.85. The van der Waals surface area contributed by atoms with Crippen molar-refractivity contribution in [2.45, 2.75) is 40.2 Å².